The van der Waals surface area contributed by atoms with E-state index in [9.17, 15) is 14.0 Å². The number of amides is 2. The van der Waals surface area contributed by atoms with Crippen molar-refractivity contribution >= 4 is 46.3 Å². The van der Waals surface area contributed by atoms with Gasteiger partial charge < -0.3 is 16.0 Å². The number of carbonyl (C=O) groups is 2. The SMILES string of the molecule is Cc1cc(NC(=O)c2c(C3CC4CC(CN(C)C(=O)C(C)(C)OI)CC4C3)nn(C)c2N)ccc1F. The molecule has 0 spiro atoms. The van der Waals surface area contributed by atoms with E-state index in [1.165, 1.54) is 6.07 Å². The highest BCUT2D eigenvalue weighted by Crippen LogP contribution is 2.53. The normalized spacial score (nSPS) is 23.5. The number of nitrogens with two attached hydrogens (primary N) is 1. The molecule has 2 aromatic rings. The van der Waals surface area contributed by atoms with Crippen molar-refractivity contribution in [3.05, 3.63) is 40.8 Å². The summed E-state index contributed by atoms with van der Waals surface area (Å²) in [7, 11) is 3.60. The number of fused-ring (bicyclic) bond motifs is 1. The summed E-state index contributed by atoms with van der Waals surface area (Å²) < 4.78 is 20.5. The van der Waals surface area contributed by atoms with E-state index >= 15 is 0 Å². The van der Waals surface area contributed by atoms with Crippen LogP contribution in [0.2, 0.25) is 0 Å². The number of aryl methyl sites for hydroxylation is 2. The number of likely N-dealkylation sites (N-methyl/N-ethyl adjacent to an activating group) is 1. The number of carbonyl (C=O) groups excluding carboxylic acids is 2. The molecule has 2 fully saturated rings. The highest BCUT2D eigenvalue weighted by molar-refractivity contribution is 14.1. The molecule has 0 saturated heterocycles. The Hall–Kier alpha value is -2.21. The summed E-state index contributed by atoms with van der Waals surface area (Å²) in [5.74, 6) is 1.37. The minimum atomic E-state index is -0.836. The Morgan fingerprint density at radius 1 is 1.28 bits per heavy atom. The van der Waals surface area contributed by atoms with Gasteiger partial charge in [0.25, 0.3) is 11.8 Å². The number of rotatable bonds is 7. The quantitative estimate of drug-likeness (QED) is 0.437. The molecule has 36 heavy (non-hydrogen) atoms. The fraction of sp³-hybridized carbons (Fsp3) is 0.577. The maximum absolute atomic E-state index is 13.6. The van der Waals surface area contributed by atoms with Crippen molar-refractivity contribution in [1.82, 2.24) is 14.7 Å². The number of nitrogen functional groups attached to an aromatic ring is 1. The van der Waals surface area contributed by atoms with Crippen LogP contribution >= 0.6 is 23.0 Å². The molecular weight excluding hydrogens is 576 g/mol. The summed E-state index contributed by atoms with van der Waals surface area (Å²) in [4.78, 5) is 27.7. The highest BCUT2D eigenvalue weighted by Gasteiger charge is 2.45. The van der Waals surface area contributed by atoms with E-state index < -0.39 is 5.60 Å². The predicted octanol–water partition coefficient (Wildman–Crippen LogP) is 4.83. The van der Waals surface area contributed by atoms with Gasteiger partial charge in [-0.1, -0.05) is 0 Å². The van der Waals surface area contributed by atoms with Gasteiger partial charge in [0, 0.05) is 32.2 Å². The Morgan fingerprint density at radius 3 is 2.50 bits per heavy atom. The fourth-order valence-electron chi connectivity index (χ4n) is 6.07. The zero-order valence-electron chi connectivity index (χ0n) is 21.5. The first-order valence-corrected chi connectivity index (χ1v) is 13.2. The second kappa shape index (κ2) is 10.3. The Bertz CT molecular complexity index is 1150. The lowest BCUT2D eigenvalue weighted by molar-refractivity contribution is -0.142. The van der Waals surface area contributed by atoms with Gasteiger partial charge in [0.15, 0.2) is 5.60 Å². The molecule has 2 atom stereocenters. The van der Waals surface area contributed by atoms with Crippen LogP contribution < -0.4 is 11.1 Å². The van der Waals surface area contributed by atoms with Gasteiger partial charge in [-0.2, -0.15) is 5.10 Å². The Kier molecular flexibility index (Phi) is 7.66. The largest absolute Gasteiger partial charge is 0.383 e. The third-order valence-corrected chi connectivity index (χ3v) is 8.95. The third-order valence-electron chi connectivity index (χ3n) is 7.85. The topological polar surface area (TPSA) is 102 Å². The van der Waals surface area contributed by atoms with E-state index in [1.54, 1.807) is 72.5 Å². The number of nitrogens with zero attached hydrogens (tertiary/aromatic N) is 3. The summed E-state index contributed by atoms with van der Waals surface area (Å²) >= 11 is 1.78. The molecule has 0 aliphatic heterocycles. The van der Waals surface area contributed by atoms with Crippen LogP contribution in [0.5, 0.6) is 0 Å². The lowest BCUT2D eigenvalue weighted by atomic mass is 9.93. The van der Waals surface area contributed by atoms with Crippen molar-refractivity contribution in [2.45, 2.75) is 58.0 Å². The van der Waals surface area contributed by atoms with E-state index in [-0.39, 0.29) is 23.5 Å². The molecule has 2 aliphatic carbocycles. The fourth-order valence-corrected chi connectivity index (χ4v) is 6.26. The zero-order chi connectivity index (χ0) is 26.4. The van der Waals surface area contributed by atoms with E-state index in [0.717, 1.165) is 37.9 Å². The number of aromatic nitrogens is 2. The van der Waals surface area contributed by atoms with Crippen molar-refractivity contribution in [3.63, 3.8) is 0 Å². The first kappa shape index (κ1) is 26.8. The molecule has 0 bridgehead atoms. The molecule has 10 heteroatoms. The molecular formula is C26H35FIN5O3. The smallest absolute Gasteiger partial charge is 0.261 e. The second-order valence-electron chi connectivity index (χ2n) is 11.0. The Labute approximate surface area is 225 Å². The van der Waals surface area contributed by atoms with Gasteiger partial charge >= 0.3 is 0 Å². The van der Waals surface area contributed by atoms with Crippen LogP contribution in [-0.4, -0.2) is 45.7 Å². The first-order valence-electron chi connectivity index (χ1n) is 12.4. The molecule has 2 amide bonds. The van der Waals surface area contributed by atoms with Crippen molar-refractivity contribution in [3.8, 4) is 0 Å². The van der Waals surface area contributed by atoms with Crippen molar-refractivity contribution in [2.75, 3.05) is 24.6 Å². The van der Waals surface area contributed by atoms with Crippen LogP contribution in [0.3, 0.4) is 0 Å². The molecule has 8 nitrogen and oxygen atoms in total. The maximum atomic E-state index is 13.6. The summed E-state index contributed by atoms with van der Waals surface area (Å²) in [6.07, 6.45) is 4.02. The minimum absolute atomic E-state index is 0.0113. The summed E-state index contributed by atoms with van der Waals surface area (Å²) in [5.41, 5.74) is 7.58. The van der Waals surface area contributed by atoms with Gasteiger partial charge in [-0.15, -0.1) is 0 Å². The van der Waals surface area contributed by atoms with Gasteiger partial charge in [0.2, 0.25) is 0 Å². The van der Waals surface area contributed by atoms with Gasteiger partial charge in [0.05, 0.1) is 5.69 Å². The Morgan fingerprint density at radius 2 is 1.92 bits per heavy atom. The summed E-state index contributed by atoms with van der Waals surface area (Å²) in [5, 5.41) is 7.51. The van der Waals surface area contributed by atoms with Gasteiger partial charge in [-0.25, -0.2) is 4.39 Å². The molecule has 1 aromatic heterocycles. The van der Waals surface area contributed by atoms with E-state index in [4.69, 9.17) is 8.80 Å². The molecule has 2 saturated carbocycles. The lowest BCUT2D eigenvalue weighted by Crippen LogP contribution is -2.45. The second-order valence-corrected chi connectivity index (χ2v) is 11.4. The highest BCUT2D eigenvalue weighted by atomic mass is 127. The monoisotopic (exact) mass is 611 g/mol. The average molecular weight is 612 g/mol. The van der Waals surface area contributed by atoms with Crippen LogP contribution in [0.25, 0.3) is 0 Å². The van der Waals surface area contributed by atoms with Crippen LogP contribution in [0.15, 0.2) is 18.2 Å². The molecule has 196 valence electrons. The van der Waals surface area contributed by atoms with Crippen molar-refractivity contribution in [1.29, 1.82) is 0 Å². The molecule has 0 radical (unpaired) electrons. The van der Waals surface area contributed by atoms with Crippen molar-refractivity contribution in [2.24, 2.45) is 24.8 Å². The molecule has 3 N–H and O–H groups in total. The van der Waals surface area contributed by atoms with Crippen molar-refractivity contribution < 1.29 is 17.0 Å². The number of hydrogen-bond donors (Lipinski definition) is 2. The first-order chi connectivity index (χ1) is 16.9. The number of benzene rings is 1. The van der Waals surface area contributed by atoms with Gasteiger partial charge in [0.1, 0.15) is 40.2 Å². The van der Waals surface area contributed by atoms with Gasteiger partial charge in [-0.05, 0) is 88.0 Å². The zero-order valence-corrected chi connectivity index (χ0v) is 23.6. The standard InChI is InChI=1S/C26H35FIN5O3/c1-14-8-19(6-7-20(14)27)30-24(34)21-22(31-33(5)23(21)29)18-11-16-9-15(10-17(16)12-18)13-32(4)25(35)26(2,3)36-28/h6-8,15-18H,9-13,29H2,1-5H3,(H,30,34). The third kappa shape index (κ3) is 5.25. The maximum Gasteiger partial charge on any atom is 0.261 e. The Balaban J connectivity index is 1.43. The predicted molar refractivity (Wildman–Crippen MR) is 145 cm³/mol. The van der Waals surface area contributed by atoms with Gasteiger partial charge in [-0.3, -0.25) is 17.3 Å². The van der Waals surface area contributed by atoms with Crippen LogP contribution in [0.1, 0.15) is 67.1 Å². The van der Waals surface area contributed by atoms with Crippen LogP contribution in [0.4, 0.5) is 15.9 Å². The van der Waals surface area contributed by atoms with E-state index in [2.05, 4.69) is 10.4 Å². The van der Waals surface area contributed by atoms with Crippen LogP contribution in [0, 0.1) is 30.5 Å². The van der Waals surface area contributed by atoms with Crippen LogP contribution in [-0.2, 0) is 14.9 Å². The summed E-state index contributed by atoms with van der Waals surface area (Å²) in [6, 6.07) is 4.49. The lowest BCUT2D eigenvalue weighted by Gasteiger charge is -2.29. The van der Waals surface area contributed by atoms with E-state index in [1.807, 2.05) is 7.05 Å². The molecule has 2 aliphatic rings. The number of anilines is 2. The summed E-state index contributed by atoms with van der Waals surface area (Å²) in [6.45, 7) is 5.96. The molecule has 1 aromatic carbocycles. The number of nitrogens with one attached hydrogen (secondary N) is 1. The minimum Gasteiger partial charge on any atom is -0.383 e. The number of halogens is 2. The number of hydrogen-bond acceptors (Lipinski definition) is 5. The molecule has 2 unspecified atom stereocenters. The van der Waals surface area contributed by atoms with E-state index in [0.29, 0.717) is 40.4 Å². The molecule has 1 heterocycles. The molecule has 4 rings (SSSR count). The average Bonchev–Trinajstić information content (AvgIpc) is 3.47.